The van der Waals surface area contributed by atoms with E-state index in [1.165, 1.54) is 0 Å². The number of nitrogens with one attached hydrogen (secondary N) is 2. The lowest BCUT2D eigenvalue weighted by molar-refractivity contribution is -0.137. The van der Waals surface area contributed by atoms with Crippen molar-refractivity contribution in [1.82, 2.24) is 15.5 Å². The van der Waals surface area contributed by atoms with Crippen LogP contribution in [0.5, 0.6) is 0 Å². The number of nitrogens with zero attached hydrogens (tertiary/aromatic N) is 1. The minimum atomic E-state index is -1.11. The lowest BCUT2D eigenvalue weighted by atomic mass is 10.1. The van der Waals surface area contributed by atoms with E-state index in [0.29, 0.717) is 13.1 Å². The van der Waals surface area contributed by atoms with Gasteiger partial charge in [0.25, 0.3) is 0 Å². The summed E-state index contributed by atoms with van der Waals surface area (Å²) in [6.07, 6.45) is 0.899. The highest BCUT2D eigenvalue weighted by molar-refractivity contribution is 8.00. The number of hydrogen-bond acceptors (Lipinski definition) is 4. The van der Waals surface area contributed by atoms with Crippen molar-refractivity contribution in [3.63, 3.8) is 0 Å². The Hall–Kier alpha value is -1.44. The topological polar surface area (TPSA) is 98.7 Å². The summed E-state index contributed by atoms with van der Waals surface area (Å²) in [4.78, 5) is 35.2. The molecule has 0 saturated carbocycles. The highest BCUT2D eigenvalue weighted by atomic mass is 32.2. The molecule has 0 bridgehead atoms. The average molecular weight is 303 g/mol. The summed E-state index contributed by atoms with van der Waals surface area (Å²) in [7, 11) is 0. The predicted octanol–water partition coefficient (Wildman–Crippen LogP) is 0.114. The minimum absolute atomic E-state index is 0.161. The van der Waals surface area contributed by atoms with Gasteiger partial charge in [-0.3, -0.25) is 9.59 Å². The second-order valence-electron chi connectivity index (χ2n) is 5.17. The van der Waals surface area contributed by atoms with Gasteiger partial charge in [0.1, 0.15) is 6.54 Å². The quantitative estimate of drug-likeness (QED) is 0.685. The Bertz CT molecular complexity index is 387. The number of thioether (sulfide) groups is 1. The molecule has 0 unspecified atom stereocenters. The molecule has 7 nitrogen and oxygen atoms in total. The van der Waals surface area contributed by atoms with Gasteiger partial charge in [-0.1, -0.05) is 13.8 Å². The molecule has 8 heteroatoms. The third-order valence-electron chi connectivity index (χ3n) is 2.96. The van der Waals surface area contributed by atoms with Crippen LogP contribution >= 0.6 is 11.8 Å². The van der Waals surface area contributed by atoms with E-state index in [9.17, 15) is 14.4 Å². The summed E-state index contributed by atoms with van der Waals surface area (Å²) in [5, 5.41) is 13.1. The zero-order chi connectivity index (χ0) is 15.2. The van der Waals surface area contributed by atoms with Crippen LogP contribution < -0.4 is 10.6 Å². The molecule has 0 atom stereocenters. The molecule has 20 heavy (non-hydrogen) atoms. The molecule has 114 valence electrons. The van der Waals surface area contributed by atoms with Crippen LogP contribution in [0.1, 0.15) is 20.3 Å². The van der Waals surface area contributed by atoms with Gasteiger partial charge in [0, 0.05) is 23.6 Å². The van der Waals surface area contributed by atoms with Crippen molar-refractivity contribution >= 4 is 29.7 Å². The van der Waals surface area contributed by atoms with Crippen molar-refractivity contribution < 1.29 is 19.5 Å². The van der Waals surface area contributed by atoms with Gasteiger partial charge >= 0.3 is 12.0 Å². The van der Waals surface area contributed by atoms with Crippen LogP contribution in [-0.2, 0) is 9.59 Å². The summed E-state index contributed by atoms with van der Waals surface area (Å²) < 4.78 is 0.161. The van der Waals surface area contributed by atoms with Gasteiger partial charge < -0.3 is 20.6 Å². The number of rotatable bonds is 4. The van der Waals surface area contributed by atoms with Crippen molar-refractivity contribution in [1.29, 1.82) is 0 Å². The van der Waals surface area contributed by atoms with Crippen LogP contribution in [0.25, 0.3) is 0 Å². The van der Waals surface area contributed by atoms with Gasteiger partial charge in [0.05, 0.1) is 6.54 Å². The molecule has 0 aromatic heterocycles. The molecule has 0 aliphatic carbocycles. The molecule has 1 aliphatic rings. The highest BCUT2D eigenvalue weighted by Gasteiger charge is 2.25. The second-order valence-corrected chi connectivity index (χ2v) is 6.98. The Kier molecular flexibility index (Phi) is 6.12. The first-order chi connectivity index (χ1) is 9.30. The summed E-state index contributed by atoms with van der Waals surface area (Å²) in [5.74, 6) is -0.757. The molecule has 0 radical (unpaired) electrons. The monoisotopic (exact) mass is 303 g/mol. The molecular weight excluding hydrogens is 282 g/mol. The van der Waals surface area contributed by atoms with Crippen molar-refractivity contribution in [3.05, 3.63) is 0 Å². The summed E-state index contributed by atoms with van der Waals surface area (Å²) in [6, 6.07) is -0.284. The van der Waals surface area contributed by atoms with E-state index in [-0.39, 0.29) is 17.3 Å². The van der Waals surface area contributed by atoms with E-state index in [1.54, 1.807) is 4.90 Å². The number of urea groups is 1. The van der Waals surface area contributed by atoms with E-state index in [0.717, 1.165) is 12.2 Å². The van der Waals surface area contributed by atoms with E-state index >= 15 is 0 Å². The fraction of sp³-hybridized carbons (Fsp3) is 0.750. The van der Waals surface area contributed by atoms with E-state index in [4.69, 9.17) is 5.11 Å². The minimum Gasteiger partial charge on any atom is -0.480 e. The molecule has 1 heterocycles. The molecule has 1 fully saturated rings. The fourth-order valence-corrected chi connectivity index (χ4v) is 2.83. The molecule has 3 amide bonds. The number of carboxylic acid groups (broad SMARTS) is 1. The Morgan fingerprint density at radius 3 is 2.55 bits per heavy atom. The van der Waals surface area contributed by atoms with Gasteiger partial charge in [-0.25, -0.2) is 4.79 Å². The third-order valence-corrected chi connectivity index (χ3v) is 4.33. The Balaban J connectivity index is 2.32. The van der Waals surface area contributed by atoms with Crippen LogP contribution in [-0.4, -0.2) is 64.6 Å². The standard InChI is InChI=1S/C12H21N3O4S/c1-12(2)3-4-15(5-6-20-12)11(19)14-7-9(16)13-8-10(17)18/h3-8H2,1-2H3,(H,13,16)(H,14,19)(H,17,18). The first kappa shape index (κ1) is 16.6. The smallest absolute Gasteiger partial charge is 0.322 e. The van der Waals surface area contributed by atoms with Crippen LogP contribution in [0.4, 0.5) is 4.79 Å². The number of amides is 3. The molecule has 3 N–H and O–H groups in total. The van der Waals surface area contributed by atoms with Gasteiger partial charge in [-0.2, -0.15) is 11.8 Å². The molecule has 0 spiro atoms. The van der Waals surface area contributed by atoms with Crippen LogP contribution in [0.3, 0.4) is 0 Å². The zero-order valence-electron chi connectivity index (χ0n) is 11.8. The molecule has 1 saturated heterocycles. The Labute approximate surface area is 122 Å². The first-order valence-corrected chi connectivity index (χ1v) is 7.44. The lowest BCUT2D eigenvalue weighted by Crippen LogP contribution is -2.46. The van der Waals surface area contributed by atoms with E-state index in [1.807, 2.05) is 11.8 Å². The fourth-order valence-electron chi connectivity index (χ4n) is 1.73. The second kappa shape index (κ2) is 7.37. The first-order valence-electron chi connectivity index (χ1n) is 6.45. The normalized spacial score (nSPS) is 18.0. The average Bonchev–Trinajstić information content (AvgIpc) is 2.54. The van der Waals surface area contributed by atoms with Gasteiger partial charge in [-0.05, 0) is 6.42 Å². The van der Waals surface area contributed by atoms with Crippen molar-refractivity contribution in [2.45, 2.75) is 25.0 Å². The maximum absolute atomic E-state index is 11.9. The molecule has 0 aromatic rings. The Morgan fingerprint density at radius 1 is 1.20 bits per heavy atom. The molecular formula is C12H21N3O4S. The van der Waals surface area contributed by atoms with Crippen LogP contribution in [0.15, 0.2) is 0 Å². The van der Waals surface area contributed by atoms with E-state index in [2.05, 4.69) is 24.5 Å². The summed E-state index contributed by atoms with van der Waals surface area (Å²) in [5.41, 5.74) is 0. The number of aliphatic carboxylic acids is 1. The Morgan fingerprint density at radius 2 is 1.90 bits per heavy atom. The maximum atomic E-state index is 11.9. The number of carbonyl (C=O) groups is 3. The van der Waals surface area contributed by atoms with Crippen LogP contribution in [0.2, 0.25) is 0 Å². The summed E-state index contributed by atoms with van der Waals surface area (Å²) >= 11 is 1.83. The number of hydrogen-bond donors (Lipinski definition) is 3. The highest BCUT2D eigenvalue weighted by Crippen LogP contribution is 2.30. The van der Waals surface area contributed by atoms with Crippen molar-refractivity contribution in [3.8, 4) is 0 Å². The van der Waals surface area contributed by atoms with Crippen molar-refractivity contribution in [2.75, 3.05) is 31.9 Å². The zero-order valence-corrected chi connectivity index (χ0v) is 12.6. The van der Waals surface area contributed by atoms with Crippen molar-refractivity contribution in [2.24, 2.45) is 0 Å². The largest absolute Gasteiger partial charge is 0.480 e. The maximum Gasteiger partial charge on any atom is 0.322 e. The van der Waals surface area contributed by atoms with Gasteiger partial charge in [-0.15, -0.1) is 0 Å². The molecule has 1 rings (SSSR count). The lowest BCUT2D eigenvalue weighted by Gasteiger charge is -2.22. The summed E-state index contributed by atoms with van der Waals surface area (Å²) in [6.45, 7) is 4.96. The molecule has 0 aromatic carbocycles. The van der Waals surface area contributed by atoms with E-state index < -0.39 is 18.4 Å². The third kappa shape index (κ3) is 6.14. The van der Waals surface area contributed by atoms with Crippen LogP contribution in [0, 0.1) is 0 Å². The SMILES string of the molecule is CC1(C)CCN(C(=O)NCC(=O)NCC(=O)O)CCS1. The van der Waals surface area contributed by atoms with Gasteiger partial charge in [0.15, 0.2) is 0 Å². The number of carbonyl (C=O) groups excluding carboxylic acids is 2. The molecule has 1 aliphatic heterocycles. The number of carboxylic acids is 1. The predicted molar refractivity (Wildman–Crippen MR) is 76.8 cm³/mol. The van der Waals surface area contributed by atoms with Gasteiger partial charge in [0.2, 0.25) is 5.91 Å².